The quantitative estimate of drug-likeness (QED) is 0.874. The number of sulfone groups is 1. The van der Waals surface area contributed by atoms with Crippen molar-refractivity contribution < 1.29 is 8.42 Å². The molecule has 0 aliphatic carbocycles. The van der Waals surface area contributed by atoms with Gasteiger partial charge in [0.25, 0.3) is 0 Å². The average molecular weight is 328 g/mol. The molecule has 18 heavy (non-hydrogen) atoms. The van der Waals surface area contributed by atoms with E-state index >= 15 is 0 Å². The second-order valence-corrected chi connectivity index (χ2v) is 6.13. The van der Waals surface area contributed by atoms with Gasteiger partial charge < -0.3 is 5.32 Å². The second-order valence-electron chi connectivity index (χ2n) is 3.42. The van der Waals surface area contributed by atoms with Crippen molar-refractivity contribution in [2.45, 2.75) is 9.92 Å². The number of rotatable bonds is 3. The zero-order valence-electron chi connectivity index (χ0n) is 9.46. The van der Waals surface area contributed by atoms with E-state index in [2.05, 4.69) is 31.2 Å². The molecule has 0 saturated heterocycles. The number of nitrogens with zero attached hydrogens (tertiary/aromatic N) is 2. The van der Waals surface area contributed by atoms with Gasteiger partial charge in [-0.1, -0.05) is 18.2 Å². The SMILES string of the molecule is CNc1nc(Br)cc(S(=O)(=O)c2ccccc2)n1. The van der Waals surface area contributed by atoms with Gasteiger partial charge in [0, 0.05) is 13.1 Å². The van der Waals surface area contributed by atoms with Crippen LogP contribution in [0.1, 0.15) is 0 Å². The molecule has 2 rings (SSSR count). The van der Waals surface area contributed by atoms with Crippen molar-refractivity contribution in [3.05, 3.63) is 41.0 Å². The van der Waals surface area contributed by atoms with Crippen LogP contribution in [0.15, 0.2) is 50.9 Å². The molecule has 0 amide bonds. The van der Waals surface area contributed by atoms with Crippen molar-refractivity contribution in [3.63, 3.8) is 0 Å². The Morgan fingerprint density at radius 3 is 2.44 bits per heavy atom. The van der Waals surface area contributed by atoms with Crippen LogP contribution in [-0.2, 0) is 9.84 Å². The largest absolute Gasteiger partial charge is 0.357 e. The standard InChI is InChI=1S/C11H10BrN3O2S/c1-13-11-14-9(12)7-10(15-11)18(16,17)8-5-3-2-4-6-8/h2-7H,1H3,(H,13,14,15). The van der Waals surface area contributed by atoms with E-state index in [9.17, 15) is 8.42 Å². The number of hydrogen-bond donors (Lipinski definition) is 1. The van der Waals surface area contributed by atoms with E-state index in [0.717, 1.165) is 0 Å². The number of halogens is 1. The molecule has 0 aliphatic heterocycles. The molecular formula is C11H10BrN3O2S. The Morgan fingerprint density at radius 1 is 1.17 bits per heavy atom. The summed E-state index contributed by atoms with van der Waals surface area (Å²) in [5.74, 6) is 0.249. The summed E-state index contributed by atoms with van der Waals surface area (Å²) >= 11 is 3.16. The van der Waals surface area contributed by atoms with Gasteiger partial charge in [-0.05, 0) is 28.1 Å². The van der Waals surface area contributed by atoms with Gasteiger partial charge in [0.05, 0.1) is 4.90 Å². The maximum atomic E-state index is 12.3. The van der Waals surface area contributed by atoms with Crippen molar-refractivity contribution in [1.29, 1.82) is 0 Å². The van der Waals surface area contributed by atoms with Gasteiger partial charge in [-0.25, -0.2) is 18.4 Å². The summed E-state index contributed by atoms with van der Waals surface area (Å²) in [4.78, 5) is 8.16. The fraction of sp³-hybridized carbons (Fsp3) is 0.0909. The molecule has 0 atom stereocenters. The number of anilines is 1. The molecule has 1 aromatic carbocycles. The Balaban J connectivity index is 2.58. The summed E-state index contributed by atoms with van der Waals surface area (Å²) in [6, 6.07) is 9.54. The zero-order valence-corrected chi connectivity index (χ0v) is 11.9. The van der Waals surface area contributed by atoms with Crippen molar-refractivity contribution in [2.24, 2.45) is 0 Å². The fourth-order valence-electron chi connectivity index (χ4n) is 1.37. The third kappa shape index (κ3) is 2.51. The molecule has 94 valence electrons. The fourth-order valence-corrected chi connectivity index (χ4v) is 3.13. The molecule has 0 spiro atoms. The van der Waals surface area contributed by atoms with Crippen molar-refractivity contribution in [2.75, 3.05) is 12.4 Å². The minimum atomic E-state index is -3.62. The van der Waals surface area contributed by atoms with Crippen LogP contribution < -0.4 is 5.32 Å². The lowest BCUT2D eigenvalue weighted by Crippen LogP contribution is -2.07. The summed E-state index contributed by atoms with van der Waals surface area (Å²) in [6.45, 7) is 0. The normalized spacial score (nSPS) is 11.2. The minimum Gasteiger partial charge on any atom is -0.357 e. The van der Waals surface area contributed by atoms with Gasteiger partial charge in [0.2, 0.25) is 15.8 Å². The first-order valence-corrected chi connectivity index (χ1v) is 7.34. The zero-order chi connectivity index (χ0) is 13.2. The molecular weight excluding hydrogens is 318 g/mol. The lowest BCUT2D eigenvalue weighted by Gasteiger charge is -2.06. The summed E-state index contributed by atoms with van der Waals surface area (Å²) < 4.78 is 25.0. The number of aromatic nitrogens is 2. The van der Waals surface area contributed by atoms with Crippen LogP contribution in [0.4, 0.5) is 5.95 Å². The highest BCUT2D eigenvalue weighted by Crippen LogP contribution is 2.22. The highest BCUT2D eigenvalue weighted by Gasteiger charge is 2.20. The summed E-state index contributed by atoms with van der Waals surface area (Å²) in [5, 5.41) is 2.67. The van der Waals surface area contributed by atoms with Crippen LogP contribution in [0, 0.1) is 0 Å². The van der Waals surface area contributed by atoms with Crippen molar-refractivity contribution >= 4 is 31.7 Å². The van der Waals surface area contributed by atoms with E-state index in [1.54, 1.807) is 25.2 Å². The summed E-state index contributed by atoms with van der Waals surface area (Å²) in [6.07, 6.45) is 0. The molecule has 1 aromatic heterocycles. The molecule has 5 nitrogen and oxygen atoms in total. The Hall–Kier alpha value is -1.47. The van der Waals surface area contributed by atoms with Crippen LogP contribution >= 0.6 is 15.9 Å². The predicted molar refractivity (Wildman–Crippen MR) is 71.2 cm³/mol. The van der Waals surface area contributed by atoms with Gasteiger partial charge >= 0.3 is 0 Å². The highest BCUT2D eigenvalue weighted by atomic mass is 79.9. The topological polar surface area (TPSA) is 72.0 Å². The first-order chi connectivity index (χ1) is 8.54. The van der Waals surface area contributed by atoms with Gasteiger partial charge in [0.1, 0.15) is 4.60 Å². The monoisotopic (exact) mass is 327 g/mol. The first kappa shape index (κ1) is 13.0. The van der Waals surface area contributed by atoms with E-state index < -0.39 is 9.84 Å². The molecule has 0 fully saturated rings. The van der Waals surface area contributed by atoms with E-state index in [-0.39, 0.29) is 15.9 Å². The third-order valence-electron chi connectivity index (χ3n) is 2.22. The highest BCUT2D eigenvalue weighted by molar-refractivity contribution is 9.10. The van der Waals surface area contributed by atoms with Gasteiger partial charge in [-0.2, -0.15) is 0 Å². The van der Waals surface area contributed by atoms with Crippen LogP contribution in [0.25, 0.3) is 0 Å². The Labute approximate surface area is 113 Å². The molecule has 1 N–H and O–H groups in total. The van der Waals surface area contributed by atoms with E-state index in [0.29, 0.717) is 4.60 Å². The number of hydrogen-bond acceptors (Lipinski definition) is 5. The lowest BCUT2D eigenvalue weighted by atomic mass is 10.4. The van der Waals surface area contributed by atoms with Crippen LogP contribution in [0.5, 0.6) is 0 Å². The number of nitrogens with one attached hydrogen (secondary N) is 1. The predicted octanol–water partition coefficient (Wildman–Crippen LogP) is 2.11. The lowest BCUT2D eigenvalue weighted by molar-refractivity contribution is 0.592. The molecule has 1 heterocycles. The maximum absolute atomic E-state index is 12.3. The Morgan fingerprint density at radius 2 is 1.83 bits per heavy atom. The molecule has 0 saturated carbocycles. The molecule has 2 aromatic rings. The maximum Gasteiger partial charge on any atom is 0.224 e. The Bertz CT molecular complexity index is 659. The Kier molecular flexibility index (Phi) is 3.63. The van der Waals surface area contributed by atoms with Crippen molar-refractivity contribution in [1.82, 2.24) is 9.97 Å². The van der Waals surface area contributed by atoms with Gasteiger partial charge in [-0.3, -0.25) is 0 Å². The minimum absolute atomic E-state index is 0.0417. The van der Waals surface area contributed by atoms with Crippen LogP contribution in [0.3, 0.4) is 0 Å². The average Bonchev–Trinajstić information content (AvgIpc) is 2.39. The van der Waals surface area contributed by atoms with Gasteiger partial charge in [0.15, 0.2) is 5.03 Å². The number of benzene rings is 1. The van der Waals surface area contributed by atoms with E-state index in [4.69, 9.17) is 0 Å². The van der Waals surface area contributed by atoms with E-state index in [1.807, 2.05) is 0 Å². The molecule has 0 aliphatic rings. The summed E-state index contributed by atoms with van der Waals surface area (Å²) in [7, 11) is -1.99. The molecule has 7 heteroatoms. The first-order valence-electron chi connectivity index (χ1n) is 5.06. The molecule has 0 radical (unpaired) electrons. The van der Waals surface area contributed by atoms with Crippen LogP contribution in [-0.4, -0.2) is 25.4 Å². The summed E-state index contributed by atoms with van der Waals surface area (Å²) in [5.41, 5.74) is 0. The smallest absolute Gasteiger partial charge is 0.224 e. The van der Waals surface area contributed by atoms with E-state index in [1.165, 1.54) is 18.2 Å². The molecule has 0 unspecified atom stereocenters. The third-order valence-corrected chi connectivity index (χ3v) is 4.28. The molecule has 0 bridgehead atoms. The van der Waals surface area contributed by atoms with Crippen molar-refractivity contribution in [3.8, 4) is 0 Å². The second kappa shape index (κ2) is 5.03. The van der Waals surface area contributed by atoms with Crippen LogP contribution in [0.2, 0.25) is 0 Å². The van der Waals surface area contributed by atoms with Gasteiger partial charge in [-0.15, -0.1) is 0 Å².